The Morgan fingerprint density at radius 3 is 2.22 bits per heavy atom. The molecular formula is C34H43N3O4. The van der Waals surface area contributed by atoms with Crippen LogP contribution in [0, 0.1) is 20.8 Å². The monoisotopic (exact) mass is 557 g/mol. The summed E-state index contributed by atoms with van der Waals surface area (Å²) >= 11 is 0. The van der Waals surface area contributed by atoms with E-state index in [2.05, 4.69) is 84.3 Å². The van der Waals surface area contributed by atoms with Crippen molar-refractivity contribution in [3.63, 3.8) is 0 Å². The van der Waals surface area contributed by atoms with E-state index in [1.165, 1.54) is 50.2 Å². The number of anilines is 1. The highest BCUT2D eigenvalue weighted by molar-refractivity contribution is 5.91. The van der Waals surface area contributed by atoms with Crippen molar-refractivity contribution < 1.29 is 19.2 Å². The molecular weight excluding hydrogens is 514 g/mol. The minimum absolute atomic E-state index is 0.500. The predicted octanol–water partition coefficient (Wildman–Crippen LogP) is 7.05. The van der Waals surface area contributed by atoms with Gasteiger partial charge in [0.2, 0.25) is 5.89 Å². The van der Waals surface area contributed by atoms with E-state index in [-0.39, 0.29) is 0 Å². The van der Waals surface area contributed by atoms with Gasteiger partial charge in [-0.3, -0.25) is 0 Å². The molecule has 41 heavy (non-hydrogen) atoms. The molecule has 1 aliphatic rings. The van der Waals surface area contributed by atoms with Crippen LogP contribution in [-0.2, 0) is 24.2 Å². The highest BCUT2D eigenvalue weighted by Crippen LogP contribution is 2.46. The number of nitrogens with zero attached hydrogens (tertiary/aromatic N) is 3. The topological polar surface area (TPSA) is 88.7 Å². The zero-order chi connectivity index (χ0) is 30.3. The maximum Gasteiger partial charge on any atom is 0.228 e. The first-order valence-corrected chi connectivity index (χ1v) is 13.9. The van der Waals surface area contributed by atoms with Crippen LogP contribution >= 0.6 is 0 Å². The van der Waals surface area contributed by atoms with Crippen LogP contribution in [0.25, 0.3) is 22.3 Å². The molecule has 0 aliphatic carbocycles. The van der Waals surface area contributed by atoms with Crippen LogP contribution < -0.4 is 9.64 Å². The fourth-order valence-electron chi connectivity index (χ4n) is 5.14. The summed E-state index contributed by atoms with van der Waals surface area (Å²) in [6.45, 7) is 17.4. The van der Waals surface area contributed by atoms with E-state index in [9.17, 15) is 0 Å². The van der Waals surface area contributed by atoms with Crippen molar-refractivity contribution in [3.8, 4) is 28.0 Å². The van der Waals surface area contributed by atoms with Crippen LogP contribution in [0.4, 0.5) is 5.69 Å². The van der Waals surface area contributed by atoms with Crippen molar-refractivity contribution in [2.24, 2.45) is 0 Å². The first-order chi connectivity index (χ1) is 19.5. The second kappa shape index (κ2) is 13.6. The molecule has 2 heterocycles. The summed E-state index contributed by atoms with van der Waals surface area (Å²) in [4.78, 5) is 14.9. The summed E-state index contributed by atoms with van der Waals surface area (Å²) in [5, 5.41) is 12.5. The molecule has 0 atom stereocenters. The zero-order valence-electron chi connectivity index (χ0n) is 25.7. The highest BCUT2D eigenvalue weighted by Gasteiger charge is 2.27. The fraction of sp³-hybridized carbons (Fsp3) is 0.382. The molecule has 1 N–H and O–H groups in total. The Hall–Kier alpha value is -3.97. The van der Waals surface area contributed by atoms with Gasteiger partial charge in [0.1, 0.15) is 12.5 Å². The molecule has 7 nitrogen and oxygen atoms in total. The molecule has 0 saturated heterocycles. The van der Waals surface area contributed by atoms with E-state index in [0.717, 1.165) is 25.3 Å². The lowest BCUT2D eigenvalue weighted by Crippen LogP contribution is -2.30. The minimum atomic E-state index is -0.500. The predicted molar refractivity (Wildman–Crippen MR) is 166 cm³/mol. The smallest absolute Gasteiger partial charge is 0.228 e. The third kappa shape index (κ3) is 7.82. The standard InChI is InChI=1S/C29H31N3O2.C4H10O.CH2O/c1-6-24-19(3)29-27(16-26(24)21-9-7-18(2)8-10-21)25-12-11-23(33-5)15-22(25)17-32(29)14-13-28-30-20(4)31-34-28;1-4(2,3)5;1-2/h7-12,15-16H,6,13-14,17H2,1-5H3;5H,1-3H3;1H2. The van der Waals surface area contributed by atoms with Crippen LogP contribution in [0.2, 0.25) is 0 Å². The van der Waals surface area contributed by atoms with E-state index in [4.69, 9.17) is 19.2 Å². The van der Waals surface area contributed by atoms with Crippen molar-refractivity contribution in [2.45, 2.75) is 73.5 Å². The van der Waals surface area contributed by atoms with Crippen molar-refractivity contribution in [1.82, 2.24) is 10.1 Å². The van der Waals surface area contributed by atoms with Crippen LogP contribution in [-0.4, -0.2) is 41.3 Å². The molecule has 0 saturated carbocycles. The number of aryl methyl sites for hydroxylation is 2. The molecule has 3 aromatic carbocycles. The summed E-state index contributed by atoms with van der Waals surface area (Å²) in [6, 6.07) is 17.7. The van der Waals surface area contributed by atoms with E-state index < -0.39 is 5.60 Å². The second-order valence-corrected chi connectivity index (χ2v) is 11.2. The van der Waals surface area contributed by atoms with Crippen molar-refractivity contribution in [1.29, 1.82) is 0 Å². The molecule has 1 aliphatic heterocycles. The third-order valence-electron chi connectivity index (χ3n) is 6.84. The number of carbonyl (C=O) groups is 1. The molecule has 0 bridgehead atoms. The maximum absolute atomic E-state index is 8.52. The number of aliphatic hydroxyl groups is 1. The van der Waals surface area contributed by atoms with Gasteiger partial charge in [-0.05, 0) is 99.5 Å². The Kier molecular flexibility index (Phi) is 10.5. The van der Waals surface area contributed by atoms with Gasteiger partial charge in [0.05, 0.1) is 12.7 Å². The van der Waals surface area contributed by atoms with E-state index in [1.54, 1.807) is 27.9 Å². The molecule has 5 rings (SSSR count). The fourth-order valence-corrected chi connectivity index (χ4v) is 5.14. The lowest BCUT2D eigenvalue weighted by molar-refractivity contribution is -0.0980. The Balaban J connectivity index is 0.000000598. The molecule has 0 spiro atoms. The highest BCUT2D eigenvalue weighted by atomic mass is 16.5. The summed E-state index contributed by atoms with van der Waals surface area (Å²) in [5.41, 5.74) is 11.2. The quantitative estimate of drug-likeness (QED) is 0.272. The van der Waals surface area contributed by atoms with Gasteiger partial charge >= 0.3 is 0 Å². The second-order valence-electron chi connectivity index (χ2n) is 11.2. The van der Waals surface area contributed by atoms with Crippen molar-refractivity contribution in [2.75, 3.05) is 18.6 Å². The lowest BCUT2D eigenvalue weighted by atomic mass is 9.84. The molecule has 0 radical (unpaired) electrons. The number of rotatable bonds is 6. The van der Waals surface area contributed by atoms with E-state index in [0.29, 0.717) is 18.1 Å². The van der Waals surface area contributed by atoms with Crippen LogP contribution in [0.3, 0.4) is 0 Å². The normalized spacial score (nSPS) is 11.9. The van der Waals surface area contributed by atoms with Gasteiger partial charge in [0, 0.05) is 30.8 Å². The SMILES string of the molecule is C=O.CC(C)(C)O.CCc1c(-c2ccc(C)cc2)cc2c(c1C)N(CCc1nc(C)no1)Cc1cc(OC)ccc1-2. The van der Waals surface area contributed by atoms with E-state index in [1.807, 2.05) is 13.7 Å². The summed E-state index contributed by atoms with van der Waals surface area (Å²) < 4.78 is 11.0. The van der Waals surface area contributed by atoms with Crippen molar-refractivity contribution in [3.05, 3.63) is 82.5 Å². The van der Waals surface area contributed by atoms with Gasteiger partial charge in [0.25, 0.3) is 0 Å². The molecule has 218 valence electrons. The first-order valence-electron chi connectivity index (χ1n) is 13.9. The van der Waals surface area contributed by atoms with Gasteiger partial charge in [0.15, 0.2) is 5.82 Å². The zero-order valence-corrected chi connectivity index (χ0v) is 25.7. The molecule has 7 heteroatoms. The van der Waals surface area contributed by atoms with Crippen LogP contribution in [0.5, 0.6) is 5.75 Å². The Morgan fingerprint density at radius 2 is 1.66 bits per heavy atom. The maximum atomic E-state index is 8.52. The molecule has 0 fully saturated rings. The average Bonchev–Trinajstić information content (AvgIpc) is 3.36. The van der Waals surface area contributed by atoms with Gasteiger partial charge in [-0.15, -0.1) is 0 Å². The molecule has 0 unspecified atom stereocenters. The average molecular weight is 558 g/mol. The number of carbonyl (C=O) groups excluding carboxylic acids is 1. The van der Waals surface area contributed by atoms with Crippen molar-refractivity contribution >= 4 is 12.5 Å². The molecule has 0 amide bonds. The number of ether oxygens (including phenoxy) is 1. The van der Waals surface area contributed by atoms with Crippen LogP contribution in [0.1, 0.15) is 61.7 Å². The number of hydrogen-bond donors (Lipinski definition) is 1. The number of methoxy groups -OCH3 is 1. The largest absolute Gasteiger partial charge is 0.497 e. The first kappa shape index (κ1) is 31.6. The number of hydrogen-bond acceptors (Lipinski definition) is 7. The van der Waals surface area contributed by atoms with E-state index >= 15 is 0 Å². The summed E-state index contributed by atoms with van der Waals surface area (Å²) in [6.07, 6.45) is 1.69. The number of fused-ring (bicyclic) bond motifs is 3. The summed E-state index contributed by atoms with van der Waals surface area (Å²) in [5.74, 6) is 2.24. The van der Waals surface area contributed by atoms with Crippen LogP contribution in [0.15, 0.2) is 53.1 Å². The Labute approximate surface area is 244 Å². The molecule has 1 aromatic heterocycles. The minimum Gasteiger partial charge on any atom is -0.497 e. The van der Waals surface area contributed by atoms with Gasteiger partial charge in [-0.25, -0.2) is 0 Å². The number of aromatic nitrogens is 2. The Morgan fingerprint density at radius 1 is 1.00 bits per heavy atom. The lowest BCUT2D eigenvalue weighted by Gasteiger charge is -2.36. The third-order valence-corrected chi connectivity index (χ3v) is 6.84. The van der Waals surface area contributed by atoms with Gasteiger partial charge in [-0.2, -0.15) is 4.98 Å². The Bertz CT molecular complexity index is 1450. The number of benzene rings is 3. The molecule has 4 aromatic rings. The van der Waals surface area contributed by atoms with Gasteiger partial charge in [-0.1, -0.05) is 48.0 Å². The summed E-state index contributed by atoms with van der Waals surface area (Å²) in [7, 11) is 1.72. The van der Waals surface area contributed by atoms with Gasteiger partial charge < -0.3 is 24.1 Å².